The number of carbonyl (C=O) groups excluding carboxylic acids is 1. The predicted molar refractivity (Wildman–Crippen MR) is 75.3 cm³/mol. The fourth-order valence-corrected chi connectivity index (χ4v) is 1.93. The molecule has 0 saturated carbocycles. The second-order valence-electron chi connectivity index (χ2n) is 5.29. The van der Waals surface area contributed by atoms with Gasteiger partial charge in [0.2, 0.25) is 0 Å². The van der Waals surface area contributed by atoms with Gasteiger partial charge < -0.3 is 5.11 Å². The maximum absolute atomic E-state index is 11.3. The lowest BCUT2D eigenvalue weighted by molar-refractivity contribution is 0.0353. The first-order valence-corrected chi connectivity index (χ1v) is 6.40. The van der Waals surface area contributed by atoms with Crippen LogP contribution in [0.4, 0.5) is 0 Å². The Bertz CT molecular complexity index is 410. The number of nitrogen functional groups attached to an aromatic ring is 1. The number of aliphatic hydroxyl groups is 1. The van der Waals surface area contributed by atoms with E-state index in [1.807, 2.05) is 12.1 Å². The highest BCUT2D eigenvalue weighted by atomic mass is 16.3. The summed E-state index contributed by atoms with van der Waals surface area (Å²) in [7, 11) is 0. The lowest BCUT2D eigenvalue weighted by atomic mass is 10.1. The molecular formula is C14H23N3O2. The maximum Gasteiger partial charge on any atom is 0.265 e. The van der Waals surface area contributed by atoms with Crippen molar-refractivity contribution in [2.75, 3.05) is 13.1 Å². The molecule has 106 valence electrons. The molecule has 0 aliphatic rings. The lowest BCUT2D eigenvalue weighted by Gasteiger charge is -2.28. The van der Waals surface area contributed by atoms with Gasteiger partial charge in [-0.05, 0) is 38.1 Å². The van der Waals surface area contributed by atoms with Crippen LogP contribution < -0.4 is 11.3 Å². The number of hydrazine groups is 1. The largest absolute Gasteiger partial charge is 0.389 e. The third-order valence-electron chi connectivity index (χ3n) is 2.81. The van der Waals surface area contributed by atoms with E-state index in [1.54, 1.807) is 26.0 Å². The third-order valence-corrected chi connectivity index (χ3v) is 2.81. The van der Waals surface area contributed by atoms with E-state index in [0.717, 1.165) is 18.7 Å². The fraction of sp³-hybridized carbons (Fsp3) is 0.500. The number of nitrogens with one attached hydrogen (secondary N) is 1. The van der Waals surface area contributed by atoms with Crippen molar-refractivity contribution in [2.45, 2.75) is 32.9 Å². The molecule has 1 aromatic rings. The molecule has 0 radical (unpaired) electrons. The van der Waals surface area contributed by atoms with Crippen LogP contribution in [-0.2, 0) is 6.54 Å². The van der Waals surface area contributed by atoms with Crippen molar-refractivity contribution in [2.24, 2.45) is 5.84 Å². The number of amides is 1. The highest BCUT2D eigenvalue weighted by Crippen LogP contribution is 2.11. The van der Waals surface area contributed by atoms with Crippen molar-refractivity contribution in [3.63, 3.8) is 0 Å². The minimum atomic E-state index is -0.713. The first-order valence-electron chi connectivity index (χ1n) is 6.40. The minimum absolute atomic E-state index is 0.296. The SMILES string of the molecule is CCN(Cc1ccc(C(=O)NN)cc1)CC(C)(C)O. The van der Waals surface area contributed by atoms with Crippen LogP contribution in [0.5, 0.6) is 0 Å². The Hall–Kier alpha value is -1.43. The second-order valence-corrected chi connectivity index (χ2v) is 5.29. The standard InChI is InChI=1S/C14H23N3O2/c1-4-17(10-14(2,3)19)9-11-5-7-12(8-6-11)13(18)16-15/h5-8,19H,4,9-10,15H2,1-3H3,(H,16,18). The van der Waals surface area contributed by atoms with Crippen LogP contribution in [0.15, 0.2) is 24.3 Å². The van der Waals surface area contributed by atoms with Gasteiger partial charge >= 0.3 is 0 Å². The molecule has 0 unspecified atom stereocenters. The third kappa shape index (κ3) is 5.38. The molecule has 1 aromatic carbocycles. The predicted octanol–water partition coefficient (Wildman–Crippen LogP) is 0.883. The summed E-state index contributed by atoms with van der Waals surface area (Å²) in [4.78, 5) is 13.5. The van der Waals surface area contributed by atoms with Gasteiger partial charge in [0.25, 0.3) is 5.91 Å². The summed E-state index contributed by atoms with van der Waals surface area (Å²) in [5.41, 5.74) is 3.02. The summed E-state index contributed by atoms with van der Waals surface area (Å²) in [5.74, 6) is 4.78. The molecule has 0 aliphatic heterocycles. The molecule has 4 N–H and O–H groups in total. The molecule has 19 heavy (non-hydrogen) atoms. The van der Waals surface area contributed by atoms with E-state index in [1.165, 1.54) is 0 Å². The number of nitrogens with two attached hydrogens (primary N) is 1. The smallest absolute Gasteiger partial charge is 0.265 e. The van der Waals surface area contributed by atoms with E-state index in [0.29, 0.717) is 12.1 Å². The van der Waals surface area contributed by atoms with Crippen LogP contribution >= 0.6 is 0 Å². The molecule has 5 nitrogen and oxygen atoms in total. The number of hydrogen-bond acceptors (Lipinski definition) is 4. The quantitative estimate of drug-likeness (QED) is 0.405. The van der Waals surface area contributed by atoms with E-state index in [2.05, 4.69) is 17.2 Å². The molecule has 0 bridgehead atoms. The second kappa shape index (κ2) is 6.65. The van der Waals surface area contributed by atoms with Crippen LogP contribution in [0.25, 0.3) is 0 Å². The molecule has 1 amide bonds. The van der Waals surface area contributed by atoms with Crippen molar-refractivity contribution in [3.8, 4) is 0 Å². The van der Waals surface area contributed by atoms with E-state index in [-0.39, 0.29) is 5.91 Å². The monoisotopic (exact) mass is 265 g/mol. The average Bonchev–Trinajstić information content (AvgIpc) is 2.36. The normalized spacial score (nSPS) is 11.7. The Morgan fingerprint density at radius 2 is 1.95 bits per heavy atom. The Morgan fingerprint density at radius 1 is 1.37 bits per heavy atom. The molecule has 0 aromatic heterocycles. The lowest BCUT2D eigenvalue weighted by Crippen LogP contribution is -2.38. The van der Waals surface area contributed by atoms with E-state index >= 15 is 0 Å². The van der Waals surface area contributed by atoms with Gasteiger partial charge in [0.15, 0.2) is 0 Å². The number of carbonyl (C=O) groups is 1. The van der Waals surface area contributed by atoms with Crippen LogP contribution in [0.2, 0.25) is 0 Å². The number of rotatable bonds is 6. The summed E-state index contributed by atoms with van der Waals surface area (Å²) in [5, 5.41) is 9.84. The maximum atomic E-state index is 11.3. The summed E-state index contributed by atoms with van der Waals surface area (Å²) in [6.45, 7) is 7.85. The molecular weight excluding hydrogens is 242 g/mol. The van der Waals surface area contributed by atoms with Crippen molar-refractivity contribution in [1.29, 1.82) is 0 Å². The summed E-state index contributed by atoms with van der Waals surface area (Å²) >= 11 is 0. The molecule has 5 heteroatoms. The minimum Gasteiger partial charge on any atom is -0.389 e. The van der Waals surface area contributed by atoms with Crippen LogP contribution in [0.1, 0.15) is 36.7 Å². The highest BCUT2D eigenvalue weighted by molar-refractivity contribution is 5.93. The number of benzene rings is 1. The van der Waals surface area contributed by atoms with Crippen molar-refractivity contribution in [1.82, 2.24) is 10.3 Å². The van der Waals surface area contributed by atoms with Gasteiger partial charge in [0.05, 0.1) is 5.60 Å². The highest BCUT2D eigenvalue weighted by Gasteiger charge is 2.17. The Morgan fingerprint density at radius 3 is 2.37 bits per heavy atom. The number of likely N-dealkylation sites (N-methyl/N-ethyl adjacent to an activating group) is 1. The van der Waals surface area contributed by atoms with Gasteiger partial charge in [0.1, 0.15) is 0 Å². The van der Waals surface area contributed by atoms with Gasteiger partial charge in [-0.25, -0.2) is 5.84 Å². The Labute approximate surface area is 114 Å². The van der Waals surface area contributed by atoms with E-state index < -0.39 is 5.60 Å². The molecule has 0 spiro atoms. The zero-order valence-electron chi connectivity index (χ0n) is 11.8. The molecule has 0 atom stereocenters. The topological polar surface area (TPSA) is 78.6 Å². The van der Waals surface area contributed by atoms with Crippen molar-refractivity contribution in [3.05, 3.63) is 35.4 Å². The summed E-state index contributed by atoms with van der Waals surface area (Å²) in [6, 6.07) is 7.29. The first-order chi connectivity index (χ1) is 8.85. The van der Waals surface area contributed by atoms with Crippen LogP contribution in [0.3, 0.4) is 0 Å². The Balaban J connectivity index is 2.68. The van der Waals surface area contributed by atoms with E-state index in [4.69, 9.17) is 5.84 Å². The van der Waals surface area contributed by atoms with Crippen LogP contribution in [0, 0.1) is 0 Å². The summed E-state index contributed by atoms with van der Waals surface area (Å²) < 4.78 is 0. The number of hydrogen-bond donors (Lipinski definition) is 3. The molecule has 0 heterocycles. The van der Waals surface area contributed by atoms with Gasteiger partial charge in [0, 0.05) is 18.7 Å². The fourth-order valence-electron chi connectivity index (χ4n) is 1.93. The molecule has 0 fully saturated rings. The summed E-state index contributed by atoms with van der Waals surface area (Å²) in [6.07, 6.45) is 0. The first kappa shape index (κ1) is 15.6. The Kier molecular flexibility index (Phi) is 5.47. The molecule has 0 saturated heterocycles. The van der Waals surface area contributed by atoms with Crippen molar-refractivity contribution >= 4 is 5.91 Å². The zero-order chi connectivity index (χ0) is 14.5. The molecule has 0 aliphatic carbocycles. The molecule has 1 rings (SSSR count). The van der Waals surface area contributed by atoms with Crippen LogP contribution in [-0.4, -0.2) is 34.6 Å². The average molecular weight is 265 g/mol. The van der Waals surface area contributed by atoms with E-state index in [9.17, 15) is 9.90 Å². The van der Waals surface area contributed by atoms with Crippen molar-refractivity contribution < 1.29 is 9.90 Å². The van der Waals surface area contributed by atoms with Gasteiger partial charge in [-0.15, -0.1) is 0 Å². The van der Waals surface area contributed by atoms with Gasteiger partial charge in [-0.3, -0.25) is 15.1 Å². The van der Waals surface area contributed by atoms with Gasteiger partial charge in [-0.1, -0.05) is 19.1 Å². The van der Waals surface area contributed by atoms with Gasteiger partial charge in [-0.2, -0.15) is 0 Å². The zero-order valence-corrected chi connectivity index (χ0v) is 11.8. The number of nitrogens with zero attached hydrogens (tertiary/aromatic N) is 1.